The van der Waals surface area contributed by atoms with Gasteiger partial charge in [0.1, 0.15) is 5.54 Å². The highest BCUT2D eigenvalue weighted by atomic mass is 16.4. The molecule has 4 nitrogen and oxygen atoms in total. The van der Waals surface area contributed by atoms with Gasteiger partial charge < -0.3 is 15.7 Å². The van der Waals surface area contributed by atoms with Crippen LogP contribution in [0.4, 0.5) is 5.69 Å². The van der Waals surface area contributed by atoms with E-state index in [0.29, 0.717) is 0 Å². The number of likely N-dealkylation sites (N-methyl/N-ethyl adjacent to an activating group) is 1. The van der Waals surface area contributed by atoms with E-state index < -0.39 is 11.5 Å². The number of nitrogens with two attached hydrogens (primary N) is 1. The van der Waals surface area contributed by atoms with Gasteiger partial charge in [-0.3, -0.25) is 4.79 Å². The average Bonchev–Trinajstić information content (AvgIpc) is 2.16. The van der Waals surface area contributed by atoms with E-state index in [-0.39, 0.29) is 6.54 Å². The van der Waals surface area contributed by atoms with Gasteiger partial charge in [0.15, 0.2) is 0 Å². The van der Waals surface area contributed by atoms with Crippen LogP contribution >= 0.6 is 0 Å². The van der Waals surface area contributed by atoms with Crippen LogP contribution in [0.3, 0.4) is 0 Å². The Balaban J connectivity index is 2.80. The lowest BCUT2D eigenvalue weighted by atomic mass is 10.0. The number of aryl methyl sites for hydroxylation is 1. The number of anilines is 1. The fourth-order valence-electron chi connectivity index (χ4n) is 1.52. The molecule has 0 bridgehead atoms. The number of benzene rings is 1. The molecule has 1 aromatic rings. The van der Waals surface area contributed by atoms with Crippen LogP contribution in [0.1, 0.15) is 12.5 Å². The van der Waals surface area contributed by atoms with Gasteiger partial charge in [0.25, 0.3) is 0 Å². The molecule has 0 aliphatic heterocycles. The van der Waals surface area contributed by atoms with E-state index >= 15 is 0 Å². The molecule has 3 N–H and O–H groups in total. The van der Waals surface area contributed by atoms with E-state index in [2.05, 4.69) is 0 Å². The fourth-order valence-corrected chi connectivity index (χ4v) is 1.52. The zero-order chi connectivity index (χ0) is 12.3. The quantitative estimate of drug-likeness (QED) is 0.804. The molecule has 0 saturated heterocycles. The molecule has 0 amide bonds. The van der Waals surface area contributed by atoms with Gasteiger partial charge in [-0.2, -0.15) is 0 Å². The largest absolute Gasteiger partial charge is 0.480 e. The highest BCUT2D eigenvalue weighted by molar-refractivity contribution is 5.79. The zero-order valence-electron chi connectivity index (χ0n) is 9.90. The summed E-state index contributed by atoms with van der Waals surface area (Å²) in [5.41, 5.74) is 6.56. The molecule has 0 spiro atoms. The molecule has 0 aliphatic rings. The first kappa shape index (κ1) is 12.5. The Morgan fingerprint density at radius 3 is 2.69 bits per heavy atom. The second-order valence-electron chi connectivity index (χ2n) is 4.42. The maximum absolute atomic E-state index is 10.9. The Hall–Kier alpha value is -1.55. The van der Waals surface area contributed by atoms with E-state index in [1.807, 2.05) is 43.1 Å². The molecule has 0 fully saturated rings. The van der Waals surface area contributed by atoms with Crippen molar-refractivity contribution in [2.45, 2.75) is 19.4 Å². The molecule has 0 aromatic heterocycles. The number of carbonyl (C=O) groups is 1. The van der Waals surface area contributed by atoms with E-state index in [9.17, 15) is 4.79 Å². The zero-order valence-corrected chi connectivity index (χ0v) is 9.90. The first-order chi connectivity index (χ1) is 7.33. The van der Waals surface area contributed by atoms with Crippen molar-refractivity contribution in [3.63, 3.8) is 0 Å². The van der Waals surface area contributed by atoms with Crippen LogP contribution in [0.25, 0.3) is 0 Å². The molecular weight excluding hydrogens is 204 g/mol. The number of rotatable bonds is 4. The lowest BCUT2D eigenvalue weighted by Crippen LogP contribution is -2.53. The Morgan fingerprint density at radius 1 is 1.56 bits per heavy atom. The Bertz CT molecular complexity index is 388. The van der Waals surface area contributed by atoms with Gasteiger partial charge in [-0.1, -0.05) is 12.1 Å². The number of nitrogens with zero attached hydrogens (tertiary/aromatic N) is 1. The van der Waals surface area contributed by atoms with Crippen LogP contribution < -0.4 is 10.6 Å². The highest BCUT2D eigenvalue weighted by Crippen LogP contribution is 2.16. The maximum atomic E-state index is 10.9. The predicted octanol–water partition coefficient (Wildman–Crippen LogP) is 1.23. The average molecular weight is 222 g/mol. The summed E-state index contributed by atoms with van der Waals surface area (Å²) in [6.07, 6.45) is 0. The summed E-state index contributed by atoms with van der Waals surface area (Å²) in [6.45, 7) is 3.78. The standard InChI is InChI=1S/C12H18N2O2/c1-9-5-4-6-10(7-9)14(3)8-12(2,13)11(15)16/h4-7H,8,13H2,1-3H3,(H,15,16). The van der Waals surface area contributed by atoms with E-state index in [1.165, 1.54) is 6.92 Å². The number of carboxylic acid groups (broad SMARTS) is 1. The van der Waals surface area contributed by atoms with Crippen molar-refractivity contribution in [2.75, 3.05) is 18.5 Å². The van der Waals surface area contributed by atoms with Crippen LogP contribution in [0, 0.1) is 6.92 Å². The molecule has 0 aliphatic carbocycles. The summed E-state index contributed by atoms with van der Waals surface area (Å²) in [7, 11) is 1.84. The van der Waals surface area contributed by atoms with E-state index in [4.69, 9.17) is 10.8 Å². The maximum Gasteiger partial charge on any atom is 0.325 e. The fraction of sp³-hybridized carbons (Fsp3) is 0.417. The van der Waals surface area contributed by atoms with Gasteiger partial charge in [-0.25, -0.2) is 0 Å². The smallest absolute Gasteiger partial charge is 0.325 e. The number of hydrogen-bond donors (Lipinski definition) is 2. The molecule has 1 atom stereocenters. The summed E-state index contributed by atoms with van der Waals surface area (Å²) in [4.78, 5) is 12.8. The number of carboxylic acids is 1. The molecule has 0 radical (unpaired) electrons. The van der Waals surface area contributed by atoms with Crippen LogP contribution in [-0.4, -0.2) is 30.2 Å². The minimum atomic E-state index is -1.24. The van der Waals surface area contributed by atoms with Crippen molar-refractivity contribution in [2.24, 2.45) is 5.73 Å². The SMILES string of the molecule is Cc1cccc(N(C)CC(C)(N)C(=O)O)c1. The molecule has 1 unspecified atom stereocenters. The van der Waals surface area contributed by atoms with Crippen molar-refractivity contribution in [3.8, 4) is 0 Å². The molecule has 0 heterocycles. The van der Waals surface area contributed by atoms with Crippen LogP contribution in [0.5, 0.6) is 0 Å². The van der Waals surface area contributed by atoms with Crippen molar-refractivity contribution >= 4 is 11.7 Å². The second-order valence-corrected chi connectivity index (χ2v) is 4.42. The third kappa shape index (κ3) is 2.97. The molecule has 16 heavy (non-hydrogen) atoms. The molecular formula is C12H18N2O2. The third-order valence-electron chi connectivity index (χ3n) is 2.50. The Kier molecular flexibility index (Phi) is 3.55. The lowest BCUT2D eigenvalue weighted by molar-refractivity contribution is -0.142. The summed E-state index contributed by atoms with van der Waals surface area (Å²) < 4.78 is 0. The number of hydrogen-bond acceptors (Lipinski definition) is 3. The highest BCUT2D eigenvalue weighted by Gasteiger charge is 2.29. The molecule has 0 saturated carbocycles. The first-order valence-electron chi connectivity index (χ1n) is 5.13. The van der Waals surface area contributed by atoms with Gasteiger partial charge in [0.05, 0.1) is 0 Å². The van der Waals surface area contributed by atoms with Crippen molar-refractivity contribution in [1.82, 2.24) is 0 Å². The summed E-state index contributed by atoms with van der Waals surface area (Å²) >= 11 is 0. The minimum absolute atomic E-state index is 0.270. The van der Waals surface area contributed by atoms with E-state index in [1.54, 1.807) is 0 Å². The van der Waals surface area contributed by atoms with Crippen LogP contribution in [-0.2, 0) is 4.79 Å². The van der Waals surface area contributed by atoms with Gasteiger partial charge in [-0.15, -0.1) is 0 Å². The molecule has 88 valence electrons. The molecule has 1 rings (SSSR count). The predicted molar refractivity (Wildman–Crippen MR) is 64.7 cm³/mol. The lowest BCUT2D eigenvalue weighted by Gasteiger charge is -2.28. The third-order valence-corrected chi connectivity index (χ3v) is 2.50. The van der Waals surface area contributed by atoms with Crippen LogP contribution in [0.2, 0.25) is 0 Å². The summed E-state index contributed by atoms with van der Waals surface area (Å²) in [5.74, 6) is -0.994. The Labute approximate surface area is 95.7 Å². The minimum Gasteiger partial charge on any atom is -0.480 e. The molecule has 4 heteroatoms. The topological polar surface area (TPSA) is 66.6 Å². The number of aliphatic carboxylic acids is 1. The Morgan fingerprint density at radius 2 is 2.19 bits per heavy atom. The normalized spacial score (nSPS) is 14.2. The van der Waals surface area contributed by atoms with Crippen molar-refractivity contribution in [1.29, 1.82) is 0 Å². The van der Waals surface area contributed by atoms with Crippen molar-refractivity contribution < 1.29 is 9.90 Å². The molecule has 1 aromatic carbocycles. The summed E-state index contributed by atoms with van der Waals surface area (Å²) in [6, 6.07) is 7.87. The van der Waals surface area contributed by atoms with Gasteiger partial charge in [-0.05, 0) is 31.5 Å². The first-order valence-corrected chi connectivity index (χ1v) is 5.13. The van der Waals surface area contributed by atoms with Gasteiger partial charge in [0.2, 0.25) is 0 Å². The second kappa shape index (κ2) is 4.53. The summed E-state index contributed by atoms with van der Waals surface area (Å²) in [5, 5.41) is 8.94. The van der Waals surface area contributed by atoms with Gasteiger partial charge in [0, 0.05) is 19.3 Å². The van der Waals surface area contributed by atoms with E-state index in [0.717, 1.165) is 11.3 Å². The monoisotopic (exact) mass is 222 g/mol. The van der Waals surface area contributed by atoms with Crippen LogP contribution in [0.15, 0.2) is 24.3 Å². The van der Waals surface area contributed by atoms with Gasteiger partial charge >= 0.3 is 5.97 Å². The van der Waals surface area contributed by atoms with Crippen molar-refractivity contribution in [3.05, 3.63) is 29.8 Å².